The van der Waals surface area contributed by atoms with E-state index in [-0.39, 0.29) is 11.7 Å². The number of hydrogen-bond acceptors (Lipinski definition) is 4. The second kappa shape index (κ2) is 5.77. The number of nitrogens with zero attached hydrogens (tertiary/aromatic N) is 3. The molecule has 6 nitrogen and oxygen atoms in total. The smallest absolute Gasteiger partial charge is 0.288 e. The molecule has 2 N–H and O–H groups in total. The largest absolute Gasteiger partial charge is 0.348 e. The maximum Gasteiger partial charge on any atom is 0.288 e. The molecule has 1 aromatic heterocycles. The fourth-order valence-corrected chi connectivity index (χ4v) is 2.27. The fourth-order valence-electron chi connectivity index (χ4n) is 2.27. The lowest BCUT2D eigenvalue weighted by molar-refractivity contribution is 0.0937. The Morgan fingerprint density at radius 1 is 1.59 bits per heavy atom. The number of likely N-dealkylation sites (N-methyl/N-ethyl adjacent to an activating group) is 1. The summed E-state index contributed by atoms with van der Waals surface area (Å²) in [5.41, 5.74) is 0. The fraction of sp³-hybridized carbons (Fsp3) is 0.727. The molecule has 1 heterocycles. The van der Waals surface area contributed by atoms with Crippen LogP contribution in [0.25, 0.3) is 0 Å². The highest BCUT2D eigenvalue weighted by molar-refractivity contribution is 5.90. The topological polar surface area (TPSA) is 73.9 Å². The summed E-state index contributed by atoms with van der Waals surface area (Å²) in [6.45, 7) is 1.52. The molecule has 2 rings (SSSR count). The molecule has 0 saturated heterocycles. The Kier molecular flexibility index (Phi) is 4.08. The summed E-state index contributed by atoms with van der Waals surface area (Å²) in [6, 6.07) is 0.692. The van der Waals surface area contributed by atoms with E-state index >= 15 is 0 Å². The van der Waals surface area contributed by atoms with Crippen molar-refractivity contribution in [3.8, 4) is 0 Å². The minimum atomic E-state index is -0.192. The van der Waals surface area contributed by atoms with Gasteiger partial charge in [-0.3, -0.25) is 9.89 Å². The maximum absolute atomic E-state index is 11.5. The molecule has 0 aromatic carbocycles. The summed E-state index contributed by atoms with van der Waals surface area (Å²) in [5.74, 6) is 0.0795. The van der Waals surface area contributed by atoms with Crippen molar-refractivity contribution in [1.29, 1.82) is 0 Å². The number of carbonyl (C=O) groups excluding carboxylic acids is 1. The number of amides is 1. The molecule has 1 saturated carbocycles. The van der Waals surface area contributed by atoms with Gasteiger partial charge in [-0.2, -0.15) is 5.10 Å². The summed E-state index contributed by atoms with van der Waals surface area (Å²) in [4.78, 5) is 17.7. The molecule has 1 amide bonds. The first kappa shape index (κ1) is 12.0. The van der Waals surface area contributed by atoms with Crippen molar-refractivity contribution >= 4 is 5.91 Å². The first-order valence-corrected chi connectivity index (χ1v) is 6.11. The van der Waals surface area contributed by atoms with Gasteiger partial charge >= 0.3 is 0 Å². The maximum atomic E-state index is 11.5. The van der Waals surface area contributed by atoms with Crippen LogP contribution in [-0.2, 0) is 0 Å². The van der Waals surface area contributed by atoms with Crippen LogP contribution < -0.4 is 5.32 Å². The summed E-state index contributed by atoms with van der Waals surface area (Å²) in [7, 11) is 2.12. The summed E-state index contributed by atoms with van der Waals surface area (Å²) < 4.78 is 0. The van der Waals surface area contributed by atoms with Crippen LogP contribution in [0.2, 0.25) is 0 Å². The second-order valence-corrected chi connectivity index (χ2v) is 4.51. The summed E-state index contributed by atoms with van der Waals surface area (Å²) >= 11 is 0. The zero-order valence-corrected chi connectivity index (χ0v) is 10.1. The molecule has 0 unspecified atom stereocenters. The Hall–Kier alpha value is -1.43. The van der Waals surface area contributed by atoms with Gasteiger partial charge in [0.15, 0.2) is 0 Å². The summed E-state index contributed by atoms with van der Waals surface area (Å²) in [6.07, 6.45) is 6.57. The number of hydrogen-bond donors (Lipinski definition) is 2. The number of nitrogens with one attached hydrogen (secondary N) is 2. The van der Waals surface area contributed by atoms with Gasteiger partial charge in [0.2, 0.25) is 5.82 Å². The summed E-state index contributed by atoms with van der Waals surface area (Å²) in [5, 5.41) is 9.01. The van der Waals surface area contributed by atoms with Gasteiger partial charge in [0.05, 0.1) is 0 Å². The van der Waals surface area contributed by atoms with E-state index in [0.717, 1.165) is 6.54 Å². The number of aromatic nitrogens is 3. The average Bonchev–Trinajstić information content (AvgIpc) is 3.02. The first-order chi connectivity index (χ1) is 8.27. The van der Waals surface area contributed by atoms with Gasteiger partial charge in [0.1, 0.15) is 6.33 Å². The second-order valence-electron chi connectivity index (χ2n) is 4.51. The van der Waals surface area contributed by atoms with E-state index in [2.05, 4.69) is 32.4 Å². The van der Waals surface area contributed by atoms with Crippen LogP contribution in [0, 0.1) is 0 Å². The van der Waals surface area contributed by atoms with E-state index < -0.39 is 0 Å². The third kappa shape index (κ3) is 3.26. The Bertz CT molecular complexity index is 345. The Morgan fingerprint density at radius 3 is 3.00 bits per heavy atom. The first-order valence-electron chi connectivity index (χ1n) is 6.11. The van der Waals surface area contributed by atoms with Gasteiger partial charge in [-0.05, 0) is 19.9 Å². The standard InChI is InChI=1S/C11H19N5O/c1-16(9-4-2-3-5-9)7-6-12-11(17)10-13-8-14-15-10/h8-9H,2-7H2,1H3,(H,12,17)(H,13,14,15). The quantitative estimate of drug-likeness (QED) is 0.778. The van der Waals surface area contributed by atoms with Gasteiger partial charge < -0.3 is 10.2 Å². The van der Waals surface area contributed by atoms with E-state index in [0.29, 0.717) is 12.6 Å². The van der Waals surface area contributed by atoms with Gasteiger partial charge in [0.25, 0.3) is 5.91 Å². The molecule has 0 aliphatic heterocycles. The van der Waals surface area contributed by atoms with Crippen LogP contribution in [0.5, 0.6) is 0 Å². The lowest BCUT2D eigenvalue weighted by Crippen LogP contribution is -2.37. The minimum Gasteiger partial charge on any atom is -0.348 e. The number of carbonyl (C=O) groups is 1. The van der Waals surface area contributed by atoms with E-state index in [4.69, 9.17) is 0 Å². The lowest BCUT2D eigenvalue weighted by Gasteiger charge is -2.23. The van der Waals surface area contributed by atoms with E-state index in [1.54, 1.807) is 0 Å². The van der Waals surface area contributed by atoms with Crippen LogP contribution in [0.15, 0.2) is 6.33 Å². The van der Waals surface area contributed by atoms with Gasteiger partial charge in [0, 0.05) is 19.1 Å². The molecule has 94 valence electrons. The number of aromatic amines is 1. The predicted molar refractivity (Wildman–Crippen MR) is 63.6 cm³/mol. The van der Waals surface area contributed by atoms with Crippen molar-refractivity contribution in [1.82, 2.24) is 25.4 Å². The van der Waals surface area contributed by atoms with Crippen molar-refractivity contribution in [3.05, 3.63) is 12.2 Å². The molecule has 0 atom stereocenters. The van der Waals surface area contributed by atoms with Crippen molar-refractivity contribution in [2.24, 2.45) is 0 Å². The molecule has 1 aliphatic rings. The van der Waals surface area contributed by atoms with Crippen LogP contribution >= 0.6 is 0 Å². The van der Waals surface area contributed by atoms with Crippen molar-refractivity contribution < 1.29 is 4.79 Å². The molecule has 1 aromatic rings. The Morgan fingerprint density at radius 2 is 2.35 bits per heavy atom. The SMILES string of the molecule is CN(CCNC(=O)c1ncn[nH]1)C1CCCC1. The van der Waals surface area contributed by atoms with Gasteiger partial charge in [-0.15, -0.1) is 0 Å². The Balaban J connectivity index is 1.67. The molecule has 1 fully saturated rings. The molecule has 6 heteroatoms. The Labute approximate surface area is 101 Å². The van der Waals surface area contributed by atoms with Crippen LogP contribution in [0.1, 0.15) is 36.3 Å². The van der Waals surface area contributed by atoms with Crippen molar-refractivity contribution in [2.45, 2.75) is 31.7 Å². The van der Waals surface area contributed by atoms with Gasteiger partial charge in [-0.1, -0.05) is 12.8 Å². The predicted octanol–water partition coefficient (Wildman–Crippen LogP) is 0.409. The number of rotatable bonds is 5. The van der Waals surface area contributed by atoms with Crippen LogP contribution in [0.3, 0.4) is 0 Å². The van der Waals surface area contributed by atoms with E-state index in [1.807, 2.05) is 0 Å². The monoisotopic (exact) mass is 237 g/mol. The zero-order chi connectivity index (χ0) is 12.1. The third-order valence-corrected chi connectivity index (χ3v) is 3.33. The molecule has 0 bridgehead atoms. The highest BCUT2D eigenvalue weighted by atomic mass is 16.2. The molecule has 0 spiro atoms. The van der Waals surface area contributed by atoms with E-state index in [1.165, 1.54) is 32.0 Å². The van der Waals surface area contributed by atoms with Crippen LogP contribution in [0.4, 0.5) is 0 Å². The lowest BCUT2D eigenvalue weighted by atomic mass is 10.2. The van der Waals surface area contributed by atoms with Crippen molar-refractivity contribution in [3.63, 3.8) is 0 Å². The normalized spacial score (nSPS) is 16.6. The number of H-pyrrole nitrogens is 1. The molecular weight excluding hydrogens is 218 g/mol. The molecular formula is C11H19N5O. The minimum absolute atomic E-state index is 0.192. The molecule has 1 aliphatic carbocycles. The van der Waals surface area contributed by atoms with Gasteiger partial charge in [-0.25, -0.2) is 4.98 Å². The highest BCUT2D eigenvalue weighted by Crippen LogP contribution is 2.21. The van der Waals surface area contributed by atoms with Crippen LogP contribution in [-0.4, -0.2) is 52.2 Å². The molecule has 17 heavy (non-hydrogen) atoms. The average molecular weight is 237 g/mol. The van der Waals surface area contributed by atoms with Crippen molar-refractivity contribution in [2.75, 3.05) is 20.1 Å². The molecule has 0 radical (unpaired) electrons. The highest BCUT2D eigenvalue weighted by Gasteiger charge is 2.19. The van der Waals surface area contributed by atoms with E-state index in [9.17, 15) is 4.79 Å². The zero-order valence-electron chi connectivity index (χ0n) is 10.1. The third-order valence-electron chi connectivity index (χ3n) is 3.33.